The average molecular weight is 384 g/mol. The van der Waals surface area contributed by atoms with Crippen molar-refractivity contribution in [3.8, 4) is 34.3 Å². The van der Waals surface area contributed by atoms with Crippen LogP contribution in [0.3, 0.4) is 0 Å². The number of benzene rings is 3. The Kier molecular flexibility index (Phi) is 3.95. The van der Waals surface area contributed by atoms with Crippen LogP contribution >= 0.6 is 11.3 Å². The lowest BCUT2D eigenvalue weighted by molar-refractivity contribution is 0.397. The molecule has 0 saturated heterocycles. The summed E-state index contributed by atoms with van der Waals surface area (Å²) in [5, 5.41) is 12.7. The van der Waals surface area contributed by atoms with Gasteiger partial charge in [-0.3, -0.25) is 0 Å². The molecule has 28 heavy (non-hydrogen) atoms. The summed E-state index contributed by atoms with van der Waals surface area (Å²) in [7, 11) is 1.58. The van der Waals surface area contributed by atoms with Crippen molar-refractivity contribution in [3.05, 3.63) is 72.8 Å². The van der Waals surface area contributed by atoms with E-state index in [0.29, 0.717) is 17.3 Å². The van der Waals surface area contributed by atoms with E-state index in [2.05, 4.69) is 41.4 Å². The van der Waals surface area contributed by atoms with E-state index in [1.54, 1.807) is 36.6 Å². The summed E-state index contributed by atoms with van der Waals surface area (Å²) >= 11 is 1.75. The Morgan fingerprint density at radius 1 is 0.821 bits per heavy atom. The first-order chi connectivity index (χ1) is 13.7. The fraction of sp³-hybridized carbons (Fsp3) is 0.0435. The van der Waals surface area contributed by atoms with Gasteiger partial charge in [0, 0.05) is 31.8 Å². The van der Waals surface area contributed by atoms with Crippen LogP contribution in [-0.2, 0) is 0 Å². The third kappa shape index (κ3) is 2.68. The van der Waals surface area contributed by atoms with E-state index in [0.717, 1.165) is 11.3 Å². The van der Waals surface area contributed by atoms with Crippen LogP contribution < -0.4 is 4.74 Å². The highest BCUT2D eigenvalue weighted by atomic mass is 32.1. The fourth-order valence-electron chi connectivity index (χ4n) is 3.40. The molecular weight excluding hydrogens is 368 g/mol. The smallest absolute Gasteiger partial charge is 0.217 e. The molecule has 4 nitrogen and oxygen atoms in total. The van der Waals surface area contributed by atoms with Crippen molar-refractivity contribution in [2.24, 2.45) is 0 Å². The molecule has 5 aromatic rings. The Morgan fingerprint density at radius 2 is 1.57 bits per heavy atom. The molecule has 3 aromatic carbocycles. The number of methoxy groups -OCH3 is 1. The van der Waals surface area contributed by atoms with Gasteiger partial charge in [0.15, 0.2) is 5.82 Å². The summed E-state index contributed by atoms with van der Waals surface area (Å²) in [6, 6.07) is 23.5. The van der Waals surface area contributed by atoms with Crippen molar-refractivity contribution in [2.75, 3.05) is 7.11 Å². The minimum absolute atomic E-state index is 0.141. The highest BCUT2D eigenvalue weighted by molar-refractivity contribution is 7.26. The summed E-state index contributed by atoms with van der Waals surface area (Å²) in [6.07, 6.45) is 0. The van der Waals surface area contributed by atoms with Gasteiger partial charge in [-0.2, -0.15) is 4.98 Å². The number of phenols is 1. The quantitative estimate of drug-likeness (QED) is 0.421. The number of thiophene rings is 1. The predicted molar refractivity (Wildman–Crippen MR) is 114 cm³/mol. The topological polar surface area (TPSA) is 55.2 Å². The molecule has 2 heterocycles. The average Bonchev–Trinajstić information content (AvgIpc) is 3.12. The van der Waals surface area contributed by atoms with Crippen LogP contribution in [0.15, 0.2) is 72.8 Å². The summed E-state index contributed by atoms with van der Waals surface area (Å²) in [5.41, 5.74) is 2.37. The van der Waals surface area contributed by atoms with Crippen LogP contribution in [0.5, 0.6) is 11.6 Å². The predicted octanol–water partition coefficient (Wildman–Crippen LogP) is 5.89. The minimum Gasteiger partial charge on any atom is -0.507 e. The van der Waals surface area contributed by atoms with E-state index in [1.807, 2.05) is 18.2 Å². The Morgan fingerprint density at radius 3 is 2.43 bits per heavy atom. The number of ether oxygens (including phenoxy) is 1. The fourth-order valence-corrected chi connectivity index (χ4v) is 4.62. The zero-order valence-electron chi connectivity index (χ0n) is 15.1. The number of rotatable bonds is 3. The highest BCUT2D eigenvalue weighted by Gasteiger charge is 2.15. The zero-order valence-corrected chi connectivity index (χ0v) is 15.9. The van der Waals surface area contributed by atoms with Gasteiger partial charge in [-0.05, 0) is 18.2 Å². The largest absolute Gasteiger partial charge is 0.507 e. The maximum Gasteiger partial charge on any atom is 0.217 e. The SMILES string of the molecule is COc1cc(-c2cccc3c2sc2ccccc23)nc(-c2ccccc2O)n1. The lowest BCUT2D eigenvalue weighted by atomic mass is 10.1. The highest BCUT2D eigenvalue weighted by Crippen LogP contribution is 2.40. The molecule has 2 aromatic heterocycles. The molecule has 5 rings (SSSR count). The molecule has 0 amide bonds. The Bertz CT molecular complexity index is 1330. The van der Waals surface area contributed by atoms with Gasteiger partial charge < -0.3 is 9.84 Å². The first-order valence-corrected chi connectivity index (χ1v) is 9.68. The van der Waals surface area contributed by atoms with Crippen LogP contribution in [-0.4, -0.2) is 22.2 Å². The summed E-state index contributed by atoms with van der Waals surface area (Å²) in [4.78, 5) is 9.20. The van der Waals surface area contributed by atoms with Crippen molar-refractivity contribution in [3.63, 3.8) is 0 Å². The molecule has 0 aliphatic heterocycles. The summed E-state index contributed by atoms with van der Waals surface area (Å²) < 4.78 is 7.84. The van der Waals surface area contributed by atoms with Crippen LogP contribution in [0.2, 0.25) is 0 Å². The second-order valence-corrected chi connectivity index (χ2v) is 7.47. The molecule has 0 aliphatic rings. The molecule has 0 spiro atoms. The number of hydrogen-bond acceptors (Lipinski definition) is 5. The molecule has 0 saturated carbocycles. The van der Waals surface area contributed by atoms with Crippen LogP contribution in [0.1, 0.15) is 0 Å². The van der Waals surface area contributed by atoms with E-state index < -0.39 is 0 Å². The molecule has 136 valence electrons. The van der Waals surface area contributed by atoms with Crippen LogP contribution in [0.25, 0.3) is 42.8 Å². The van der Waals surface area contributed by atoms with E-state index >= 15 is 0 Å². The monoisotopic (exact) mass is 384 g/mol. The summed E-state index contributed by atoms with van der Waals surface area (Å²) in [5.74, 6) is 1.04. The zero-order chi connectivity index (χ0) is 19.1. The molecule has 1 N–H and O–H groups in total. The Hall–Kier alpha value is -3.44. The molecule has 0 radical (unpaired) electrons. The van der Waals surface area contributed by atoms with E-state index in [4.69, 9.17) is 9.72 Å². The van der Waals surface area contributed by atoms with Crippen molar-refractivity contribution < 1.29 is 9.84 Å². The van der Waals surface area contributed by atoms with Gasteiger partial charge in [0.05, 0.1) is 18.4 Å². The standard InChI is InChI=1S/C23H16N2O2S/c1-27-21-13-18(24-23(25-21)17-8-2-4-11-19(17)26)16-10-6-9-15-14-7-3-5-12-20(14)28-22(15)16/h2-13,26H,1H3. The molecule has 0 unspecified atom stereocenters. The van der Waals surface area contributed by atoms with E-state index in [-0.39, 0.29) is 5.75 Å². The first-order valence-electron chi connectivity index (χ1n) is 8.86. The number of phenolic OH excluding ortho intramolecular Hbond substituents is 1. The van der Waals surface area contributed by atoms with Gasteiger partial charge in [-0.15, -0.1) is 11.3 Å². The van der Waals surface area contributed by atoms with Gasteiger partial charge in [0.2, 0.25) is 5.88 Å². The molecule has 0 bridgehead atoms. The van der Waals surface area contributed by atoms with Gasteiger partial charge in [-0.1, -0.05) is 48.5 Å². The van der Waals surface area contributed by atoms with Gasteiger partial charge >= 0.3 is 0 Å². The van der Waals surface area contributed by atoms with E-state index in [1.165, 1.54) is 20.2 Å². The molecule has 0 fully saturated rings. The molecule has 0 atom stereocenters. The van der Waals surface area contributed by atoms with Gasteiger partial charge in [-0.25, -0.2) is 4.98 Å². The van der Waals surface area contributed by atoms with Crippen molar-refractivity contribution in [2.45, 2.75) is 0 Å². The molecule has 0 aliphatic carbocycles. The Balaban J connectivity index is 1.78. The molecule has 5 heteroatoms. The van der Waals surface area contributed by atoms with Crippen molar-refractivity contribution in [1.29, 1.82) is 0 Å². The minimum atomic E-state index is 0.141. The first kappa shape index (κ1) is 16.7. The number of aromatic nitrogens is 2. The third-order valence-corrected chi connectivity index (χ3v) is 5.96. The second-order valence-electron chi connectivity index (χ2n) is 6.42. The number of aromatic hydroxyl groups is 1. The Labute approximate surface area is 165 Å². The lowest BCUT2D eigenvalue weighted by Crippen LogP contribution is -1.96. The van der Waals surface area contributed by atoms with Gasteiger partial charge in [0.1, 0.15) is 5.75 Å². The maximum absolute atomic E-state index is 10.2. The lowest BCUT2D eigenvalue weighted by Gasteiger charge is -2.09. The van der Waals surface area contributed by atoms with E-state index in [9.17, 15) is 5.11 Å². The normalized spacial score (nSPS) is 11.2. The third-order valence-electron chi connectivity index (χ3n) is 4.74. The number of para-hydroxylation sites is 1. The number of fused-ring (bicyclic) bond motifs is 3. The summed E-state index contributed by atoms with van der Waals surface area (Å²) in [6.45, 7) is 0. The molecular formula is C23H16N2O2S. The van der Waals surface area contributed by atoms with Gasteiger partial charge in [0.25, 0.3) is 0 Å². The second kappa shape index (κ2) is 6.62. The number of nitrogens with zero attached hydrogens (tertiary/aromatic N) is 2. The number of hydrogen-bond donors (Lipinski definition) is 1. The van der Waals surface area contributed by atoms with Crippen molar-refractivity contribution in [1.82, 2.24) is 9.97 Å². The maximum atomic E-state index is 10.2. The van der Waals surface area contributed by atoms with Crippen molar-refractivity contribution >= 4 is 31.5 Å². The van der Waals surface area contributed by atoms with Crippen LogP contribution in [0.4, 0.5) is 0 Å². The van der Waals surface area contributed by atoms with Crippen LogP contribution in [0, 0.1) is 0 Å².